The number of rotatable bonds is 20. The number of hydrogen-bond donors (Lipinski definition) is 0. The van der Waals surface area contributed by atoms with Gasteiger partial charge in [0.15, 0.2) is 11.5 Å². The third kappa shape index (κ3) is 23.4. The van der Waals surface area contributed by atoms with Crippen LogP contribution in [0.1, 0.15) is 106 Å². The molecule has 0 amide bonds. The van der Waals surface area contributed by atoms with Crippen molar-refractivity contribution in [3.05, 3.63) is 0 Å². The zero-order chi connectivity index (χ0) is 28.0. The Hall–Kier alpha value is -0.230. The van der Waals surface area contributed by atoms with Crippen LogP contribution in [0.5, 0.6) is 0 Å². The van der Waals surface area contributed by atoms with E-state index in [0.29, 0.717) is 0 Å². The Labute approximate surface area is 248 Å². The molecule has 0 saturated heterocycles. The third-order valence-corrected chi connectivity index (χ3v) is 6.85. The van der Waals surface area contributed by atoms with Crippen molar-refractivity contribution in [3.8, 4) is 0 Å². The van der Waals surface area contributed by atoms with Crippen LogP contribution in [0.2, 0.25) is 0 Å². The first-order valence-electron chi connectivity index (χ1n) is 13.5. The molecule has 0 saturated carbocycles. The van der Waals surface area contributed by atoms with Crippen LogP contribution in [0.4, 0.5) is 0 Å². The van der Waals surface area contributed by atoms with Gasteiger partial charge in [-0.1, -0.05) is 66.2 Å². The maximum atomic E-state index is 12.1. The Morgan fingerprint density at radius 1 is 0.784 bits per heavy atom. The van der Waals surface area contributed by atoms with Gasteiger partial charge in [0.05, 0.1) is 19.6 Å². The molecule has 0 fully saturated rings. The summed E-state index contributed by atoms with van der Waals surface area (Å²) in [6.45, 7) is 15.5. The molecule has 0 spiro atoms. The van der Waals surface area contributed by atoms with Gasteiger partial charge < -0.3 is 23.5 Å². The van der Waals surface area contributed by atoms with Crippen molar-refractivity contribution in [2.75, 3.05) is 26.4 Å². The summed E-state index contributed by atoms with van der Waals surface area (Å²) in [5.41, 5.74) is 0. The Bertz CT molecular complexity index is 652. The second kappa shape index (κ2) is 26.0. The van der Waals surface area contributed by atoms with Crippen LogP contribution in [-0.2, 0) is 38.7 Å². The van der Waals surface area contributed by atoms with E-state index in [1.54, 1.807) is 0 Å². The van der Waals surface area contributed by atoms with Crippen molar-refractivity contribution < 1.29 is 71.1 Å². The molecule has 0 N–H and O–H groups in total. The fourth-order valence-electron chi connectivity index (χ4n) is 3.33. The van der Waals surface area contributed by atoms with E-state index in [1.807, 2.05) is 34.6 Å². The summed E-state index contributed by atoms with van der Waals surface area (Å²) < 4.78 is 54.7. The molecule has 9 nitrogen and oxygen atoms in total. The first kappa shape index (κ1) is 41.3. The summed E-state index contributed by atoms with van der Waals surface area (Å²) in [6, 6.07) is 0. The number of ether oxygens (including phenoxy) is 4. The van der Waals surface area contributed by atoms with Crippen molar-refractivity contribution in [2.24, 2.45) is 11.8 Å². The minimum absolute atomic E-state index is 0. The van der Waals surface area contributed by atoms with E-state index in [0.717, 1.165) is 64.6 Å². The van der Waals surface area contributed by atoms with Crippen LogP contribution in [0, 0.1) is 11.8 Å². The average molecular weight is 563 g/mol. The maximum absolute atomic E-state index is 12.1. The summed E-state index contributed by atoms with van der Waals surface area (Å²) in [5, 5.41) is -2.06. The Kier molecular flexibility index (Phi) is 29.0. The van der Waals surface area contributed by atoms with Gasteiger partial charge in [-0.25, -0.2) is 8.42 Å². The van der Waals surface area contributed by atoms with Crippen molar-refractivity contribution in [1.29, 1.82) is 0 Å². The fraction of sp³-hybridized carbons (Fsp3) is 0.923. The minimum atomic E-state index is -5.01. The van der Waals surface area contributed by atoms with E-state index >= 15 is 0 Å². The fourth-order valence-corrected chi connectivity index (χ4v) is 3.97. The molecule has 0 aromatic heterocycles. The molecule has 0 heterocycles. The number of carbonyl (C=O) groups excluding carboxylic acids is 2. The van der Waals surface area contributed by atoms with Crippen molar-refractivity contribution in [1.82, 2.24) is 0 Å². The summed E-state index contributed by atoms with van der Waals surface area (Å²) in [7, 11) is -5.01. The SMILES string of the molecule is CCCCC(CC)COC(=O)CC(C(=O)OCC(CC)CCCC)S(=O)(=O)[O-].CCOC(C)OCC.[Na+]. The summed E-state index contributed by atoms with van der Waals surface area (Å²) in [6.07, 6.45) is 6.54. The Balaban J connectivity index is -0.00000110. The molecule has 0 radical (unpaired) electrons. The van der Waals surface area contributed by atoms with Crippen molar-refractivity contribution in [2.45, 2.75) is 118 Å². The topological polar surface area (TPSA) is 128 Å². The Morgan fingerprint density at radius 2 is 1.22 bits per heavy atom. The van der Waals surface area contributed by atoms with E-state index in [1.165, 1.54) is 0 Å². The summed E-state index contributed by atoms with van der Waals surface area (Å²) >= 11 is 0. The van der Waals surface area contributed by atoms with Gasteiger partial charge in [0.25, 0.3) is 0 Å². The van der Waals surface area contributed by atoms with E-state index in [9.17, 15) is 22.6 Å². The Morgan fingerprint density at radius 3 is 1.57 bits per heavy atom. The average Bonchev–Trinajstić information content (AvgIpc) is 2.82. The standard InChI is InChI=1S/C20H38O7S.C6H14O2.Na/c1-5-9-11-16(7-3)14-26-19(21)13-18(28(23,24)25)20(22)27-15-17(8-4)12-10-6-2;1-4-7-6(3)8-5-2;/h16-18H,5-15H2,1-4H3,(H,23,24,25);6H,4-5H2,1-3H3;/q;;+1/p-1. The third-order valence-electron chi connectivity index (χ3n) is 5.79. The molecule has 3 unspecified atom stereocenters. The smallest absolute Gasteiger partial charge is 0.747 e. The molecule has 0 aliphatic heterocycles. The second-order valence-corrected chi connectivity index (χ2v) is 10.4. The minimum Gasteiger partial charge on any atom is -0.747 e. The molecule has 11 heteroatoms. The molecule has 216 valence electrons. The van der Waals surface area contributed by atoms with Crippen molar-refractivity contribution in [3.63, 3.8) is 0 Å². The van der Waals surface area contributed by atoms with E-state index in [4.69, 9.17) is 18.9 Å². The van der Waals surface area contributed by atoms with Crippen molar-refractivity contribution >= 4 is 22.1 Å². The molecule has 0 aromatic rings. The molecule has 37 heavy (non-hydrogen) atoms. The van der Waals surface area contributed by atoms with Gasteiger partial charge in [0.1, 0.15) is 10.1 Å². The predicted molar refractivity (Wildman–Crippen MR) is 139 cm³/mol. The zero-order valence-electron chi connectivity index (χ0n) is 24.6. The van der Waals surface area contributed by atoms with Crippen LogP contribution in [-0.4, -0.2) is 62.9 Å². The van der Waals surface area contributed by atoms with Gasteiger partial charge in [-0.15, -0.1) is 0 Å². The summed E-state index contributed by atoms with van der Waals surface area (Å²) in [4.78, 5) is 24.1. The zero-order valence-corrected chi connectivity index (χ0v) is 27.4. The number of carbonyl (C=O) groups is 2. The van der Waals surface area contributed by atoms with Gasteiger partial charge in [0.2, 0.25) is 0 Å². The molecule has 0 rings (SSSR count). The van der Waals surface area contributed by atoms with Gasteiger partial charge in [-0.2, -0.15) is 0 Å². The summed E-state index contributed by atoms with van der Waals surface area (Å²) in [5.74, 6) is -1.74. The first-order valence-corrected chi connectivity index (χ1v) is 15.0. The molecular formula is C26H51NaO9S. The maximum Gasteiger partial charge on any atom is 1.00 e. The normalized spacial score (nSPS) is 13.5. The van der Waals surface area contributed by atoms with Crippen LogP contribution in [0.3, 0.4) is 0 Å². The molecule has 0 aromatic carbocycles. The van der Waals surface area contributed by atoms with E-state index in [2.05, 4.69) is 13.8 Å². The molecule has 0 bridgehead atoms. The quantitative estimate of drug-likeness (QED) is 0.0949. The number of esters is 2. The molecule has 0 aliphatic rings. The molecule has 0 aliphatic carbocycles. The van der Waals surface area contributed by atoms with E-state index in [-0.39, 0.29) is 60.9 Å². The first-order chi connectivity index (χ1) is 17.0. The van der Waals surface area contributed by atoms with Crippen LogP contribution >= 0.6 is 0 Å². The number of unbranched alkanes of at least 4 members (excludes halogenated alkanes) is 2. The van der Waals surface area contributed by atoms with Gasteiger partial charge in [0, 0.05) is 13.2 Å². The van der Waals surface area contributed by atoms with Crippen LogP contribution in [0.15, 0.2) is 0 Å². The molecule has 3 atom stereocenters. The predicted octanol–water partition coefficient (Wildman–Crippen LogP) is 2.22. The second-order valence-electron chi connectivity index (χ2n) is 8.81. The van der Waals surface area contributed by atoms with E-state index < -0.39 is 33.7 Å². The van der Waals surface area contributed by atoms with Crippen LogP contribution < -0.4 is 29.6 Å². The van der Waals surface area contributed by atoms with Gasteiger partial charge >= 0.3 is 41.5 Å². The number of hydrogen-bond acceptors (Lipinski definition) is 9. The monoisotopic (exact) mass is 562 g/mol. The van der Waals surface area contributed by atoms with Gasteiger partial charge in [-0.05, 0) is 45.4 Å². The molecular weight excluding hydrogens is 511 g/mol. The largest absolute Gasteiger partial charge is 1.00 e. The van der Waals surface area contributed by atoms with Gasteiger partial charge in [-0.3, -0.25) is 9.59 Å². The van der Waals surface area contributed by atoms with Crippen LogP contribution in [0.25, 0.3) is 0 Å².